The Bertz CT molecular complexity index is 506. The molecule has 114 valence electrons. The second-order valence-corrected chi connectivity index (χ2v) is 5.42. The van der Waals surface area contributed by atoms with Gasteiger partial charge in [-0.05, 0) is 36.9 Å². The molecule has 0 amide bonds. The van der Waals surface area contributed by atoms with E-state index < -0.39 is 0 Å². The SMILES string of the molecule is C=CCN(CCC)C1(CC=C)C=CCc2ccccc21.Cl. The molecule has 1 atom stereocenters. The third kappa shape index (κ3) is 3.48. The summed E-state index contributed by atoms with van der Waals surface area (Å²) in [5, 5.41) is 0. The molecule has 0 N–H and O–H groups in total. The van der Waals surface area contributed by atoms with Crippen LogP contribution in [0.25, 0.3) is 0 Å². The van der Waals surface area contributed by atoms with E-state index in [2.05, 4.69) is 61.4 Å². The Morgan fingerprint density at radius 2 is 2.00 bits per heavy atom. The highest BCUT2D eigenvalue weighted by Gasteiger charge is 2.36. The first kappa shape index (κ1) is 17.7. The third-order valence-corrected chi connectivity index (χ3v) is 4.08. The second kappa shape index (κ2) is 8.21. The molecular weight excluding hydrogens is 278 g/mol. The van der Waals surface area contributed by atoms with Gasteiger partial charge in [-0.15, -0.1) is 25.6 Å². The zero-order valence-corrected chi connectivity index (χ0v) is 13.7. The Balaban J connectivity index is 0.00000220. The zero-order chi connectivity index (χ0) is 14.4. The van der Waals surface area contributed by atoms with E-state index in [0.717, 1.165) is 32.4 Å². The van der Waals surface area contributed by atoms with E-state index in [1.54, 1.807) is 0 Å². The Morgan fingerprint density at radius 1 is 1.24 bits per heavy atom. The first-order chi connectivity index (χ1) is 9.78. The fourth-order valence-electron chi connectivity index (χ4n) is 3.27. The molecule has 0 saturated heterocycles. The van der Waals surface area contributed by atoms with Crippen molar-refractivity contribution in [2.75, 3.05) is 13.1 Å². The van der Waals surface area contributed by atoms with Crippen LogP contribution in [0.1, 0.15) is 30.9 Å². The lowest BCUT2D eigenvalue weighted by atomic mass is 9.77. The average Bonchev–Trinajstić information content (AvgIpc) is 2.48. The predicted octanol–water partition coefficient (Wildman–Crippen LogP) is 4.89. The van der Waals surface area contributed by atoms with E-state index in [-0.39, 0.29) is 17.9 Å². The van der Waals surface area contributed by atoms with Crippen molar-refractivity contribution >= 4 is 12.4 Å². The first-order valence-corrected chi connectivity index (χ1v) is 7.51. The molecule has 0 aliphatic heterocycles. The van der Waals surface area contributed by atoms with Crippen molar-refractivity contribution in [2.45, 2.75) is 31.7 Å². The van der Waals surface area contributed by atoms with Crippen molar-refractivity contribution in [2.24, 2.45) is 0 Å². The van der Waals surface area contributed by atoms with Gasteiger partial charge >= 0.3 is 0 Å². The Morgan fingerprint density at radius 3 is 2.67 bits per heavy atom. The van der Waals surface area contributed by atoms with Crippen LogP contribution in [0.5, 0.6) is 0 Å². The summed E-state index contributed by atoms with van der Waals surface area (Å²) in [7, 11) is 0. The molecule has 1 aliphatic rings. The summed E-state index contributed by atoms with van der Waals surface area (Å²) in [6.07, 6.45) is 11.8. The molecule has 0 radical (unpaired) electrons. The summed E-state index contributed by atoms with van der Waals surface area (Å²) in [6, 6.07) is 8.80. The quantitative estimate of drug-likeness (QED) is 0.648. The highest BCUT2D eigenvalue weighted by molar-refractivity contribution is 5.85. The number of hydrogen-bond donors (Lipinski definition) is 0. The predicted molar refractivity (Wildman–Crippen MR) is 95.1 cm³/mol. The van der Waals surface area contributed by atoms with E-state index >= 15 is 0 Å². The van der Waals surface area contributed by atoms with Gasteiger partial charge in [0.25, 0.3) is 0 Å². The number of rotatable bonds is 7. The van der Waals surface area contributed by atoms with Gasteiger partial charge in [-0.2, -0.15) is 0 Å². The maximum Gasteiger partial charge on any atom is 0.0685 e. The topological polar surface area (TPSA) is 3.24 Å². The molecule has 0 fully saturated rings. The number of halogens is 1. The number of benzene rings is 1. The van der Waals surface area contributed by atoms with Gasteiger partial charge in [0.1, 0.15) is 0 Å². The Labute approximate surface area is 135 Å². The summed E-state index contributed by atoms with van der Waals surface area (Å²) in [6.45, 7) is 12.1. The molecule has 21 heavy (non-hydrogen) atoms. The minimum atomic E-state index is -0.0548. The molecule has 0 spiro atoms. The van der Waals surface area contributed by atoms with Crippen LogP contribution in [-0.4, -0.2) is 18.0 Å². The van der Waals surface area contributed by atoms with Crippen molar-refractivity contribution in [1.82, 2.24) is 4.90 Å². The highest BCUT2D eigenvalue weighted by Crippen LogP contribution is 2.39. The molecule has 0 saturated carbocycles. The molecule has 1 aliphatic carbocycles. The normalized spacial score (nSPS) is 19.7. The Kier molecular flexibility index (Phi) is 6.94. The third-order valence-electron chi connectivity index (χ3n) is 4.08. The van der Waals surface area contributed by atoms with Crippen LogP contribution in [0.3, 0.4) is 0 Å². The van der Waals surface area contributed by atoms with Crippen LogP contribution in [0.2, 0.25) is 0 Å². The molecule has 0 heterocycles. The standard InChI is InChI=1S/C19H25N.ClH/c1-4-13-19(20(15-5-2)16-6-3)14-9-11-17-10-7-8-12-18(17)19;/h4-5,7-10,12,14H,1-2,6,11,13,15-16H2,3H3;1H. The number of fused-ring (bicyclic) bond motifs is 1. The fourth-order valence-corrected chi connectivity index (χ4v) is 3.27. The van der Waals surface area contributed by atoms with Gasteiger partial charge in [0, 0.05) is 6.54 Å². The van der Waals surface area contributed by atoms with E-state index in [1.165, 1.54) is 11.1 Å². The van der Waals surface area contributed by atoms with Crippen LogP contribution in [0.15, 0.2) is 61.7 Å². The van der Waals surface area contributed by atoms with Gasteiger partial charge in [0.05, 0.1) is 5.54 Å². The van der Waals surface area contributed by atoms with Crippen molar-refractivity contribution in [3.63, 3.8) is 0 Å². The van der Waals surface area contributed by atoms with Crippen LogP contribution < -0.4 is 0 Å². The summed E-state index contributed by atoms with van der Waals surface area (Å²) >= 11 is 0. The molecule has 1 aromatic carbocycles. The van der Waals surface area contributed by atoms with Crippen molar-refractivity contribution in [1.29, 1.82) is 0 Å². The minimum absolute atomic E-state index is 0. The monoisotopic (exact) mass is 303 g/mol. The lowest BCUT2D eigenvalue weighted by molar-refractivity contribution is 0.145. The summed E-state index contributed by atoms with van der Waals surface area (Å²) < 4.78 is 0. The van der Waals surface area contributed by atoms with Crippen molar-refractivity contribution in [3.8, 4) is 0 Å². The smallest absolute Gasteiger partial charge is 0.0685 e. The highest BCUT2D eigenvalue weighted by atomic mass is 35.5. The summed E-state index contributed by atoms with van der Waals surface area (Å²) in [4.78, 5) is 2.52. The maximum atomic E-state index is 3.99. The number of nitrogens with zero attached hydrogens (tertiary/aromatic N) is 1. The van der Waals surface area contributed by atoms with Gasteiger partial charge in [-0.25, -0.2) is 0 Å². The van der Waals surface area contributed by atoms with E-state index in [9.17, 15) is 0 Å². The van der Waals surface area contributed by atoms with E-state index in [4.69, 9.17) is 0 Å². The zero-order valence-electron chi connectivity index (χ0n) is 12.9. The number of allylic oxidation sites excluding steroid dienone is 1. The molecule has 1 nitrogen and oxygen atoms in total. The molecule has 1 unspecified atom stereocenters. The lowest BCUT2D eigenvalue weighted by Gasteiger charge is -2.44. The van der Waals surface area contributed by atoms with Crippen LogP contribution in [-0.2, 0) is 12.0 Å². The van der Waals surface area contributed by atoms with Crippen molar-refractivity contribution in [3.05, 3.63) is 72.9 Å². The van der Waals surface area contributed by atoms with Crippen LogP contribution >= 0.6 is 12.4 Å². The minimum Gasteiger partial charge on any atom is -0.286 e. The second-order valence-electron chi connectivity index (χ2n) is 5.42. The average molecular weight is 304 g/mol. The molecule has 2 rings (SSSR count). The van der Waals surface area contributed by atoms with Gasteiger partial charge < -0.3 is 0 Å². The summed E-state index contributed by atoms with van der Waals surface area (Å²) in [5.41, 5.74) is 2.81. The summed E-state index contributed by atoms with van der Waals surface area (Å²) in [5.74, 6) is 0. The maximum absolute atomic E-state index is 3.99. The van der Waals surface area contributed by atoms with E-state index in [1.807, 2.05) is 12.2 Å². The van der Waals surface area contributed by atoms with Gasteiger partial charge in [-0.1, -0.05) is 55.5 Å². The van der Waals surface area contributed by atoms with Crippen LogP contribution in [0, 0.1) is 0 Å². The van der Waals surface area contributed by atoms with Gasteiger partial charge in [-0.3, -0.25) is 4.90 Å². The van der Waals surface area contributed by atoms with Gasteiger partial charge in [0.15, 0.2) is 0 Å². The molecule has 0 bridgehead atoms. The number of hydrogen-bond acceptors (Lipinski definition) is 1. The lowest BCUT2D eigenvalue weighted by Crippen LogP contribution is -2.46. The van der Waals surface area contributed by atoms with Crippen LogP contribution in [0.4, 0.5) is 0 Å². The van der Waals surface area contributed by atoms with E-state index in [0.29, 0.717) is 0 Å². The van der Waals surface area contributed by atoms with Gasteiger partial charge in [0.2, 0.25) is 0 Å². The largest absolute Gasteiger partial charge is 0.286 e. The molecular formula is C19H26ClN. The molecule has 1 aromatic rings. The molecule has 0 aromatic heterocycles. The fraction of sp³-hybridized carbons (Fsp3) is 0.368. The van der Waals surface area contributed by atoms with Crippen molar-refractivity contribution < 1.29 is 0 Å². The first-order valence-electron chi connectivity index (χ1n) is 7.51. The Hall–Kier alpha value is -1.31. The molecule has 2 heteroatoms.